The third kappa shape index (κ3) is 3.10. The van der Waals surface area contributed by atoms with Crippen molar-refractivity contribution in [3.8, 4) is 0 Å². The SMILES string of the molecule is COC(=O)c1ccc(C=C2N=C(c3ccccc3C)OC2=O)cc1. The maximum atomic E-state index is 12.0. The molecule has 0 fully saturated rings. The zero-order valence-electron chi connectivity index (χ0n) is 13.3. The zero-order chi connectivity index (χ0) is 17.1. The van der Waals surface area contributed by atoms with Crippen molar-refractivity contribution in [2.24, 2.45) is 4.99 Å². The molecule has 1 heterocycles. The number of esters is 2. The van der Waals surface area contributed by atoms with E-state index < -0.39 is 11.9 Å². The lowest BCUT2D eigenvalue weighted by molar-refractivity contribution is -0.129. The molecule has 0 atom stereocenters. The van der Waals surface area contributed by atoms with Gasteiger partial charge in [0.1, 0.15) is 0 Å². The summed E-state index contributed by atoms with van der Waals surface area (Å²) in [4.78, 5) is 27.7. The van der Waals surface area contributed by atoms with E-state index in [1.807, 2.05) is 31.2 Å². The van der Waals surface area contributed by atoms with Crippen molar-refractivity contribution in [3.05, 3.63) is 76.5 Å². The van der Waals surface area contributed by atoms with Gasteiger partial charge in [0.15, 0.2) is 5.70 Å². The van der Waals surface area contributed by atoms with Crippen LogP contribution in [0.25, 0.3) is 6.08 Å². The number of nitrogens with zero attached hydrogens (tertiary/aromatic N) is 1. The van der Waals surface area contributed by atoms with Crippen molar-refractivity contribution in [1.29, 1.82) is 0 Å². The van der Waals surface area contributed by atoms with Gasteiger partial charge in [0.05, 0.1) is 12.7 Å². The Bertz CT molecular complexity index is 863. The van der Waals surface area contributed by atoms with E-state index in [9.17, 15) is 9.59 Å². The van der Waals surface area contributed by atoms with E-state index in [2.05, 4.69) is 9.73 Å². The molecule has 1 aliphatic heterocycles. The molecular weight excluding hydrogens is 306 g/mol. The predicted molar refractivity (Wildman–Crippen MR) is 89.6 cm³/mol. The summed E-state index contributed by atoms with van der Waals surface area (Å²) < 4.78 is 9.91. The third-order valence-electron chi connectivity index (χ3n) is 3.63. The fourth-order valence-electron chi connectivity index (χ4n) is 2.33. The van der Waals surface area contributed by atoms with Crippen molar-refractivity contribution in [2.45, 2.75) is 6.92 Å². The standard InChI is InChI=1S/C19H15NO4/c1-12-5-3-4-6-15(12)17-20-16(19(22)24-17)11-13-7-9-14(10-8-13)18(21)23-2/h3-11H,1-2H3. The van der Waals surface area contributed by atoms with Crippen molar-refractivity contribution < 1.29 is 19.1 Å². The van der Waals surface area contributed by atoms with E-state index in [0.29, 0.717) is 11.5 Å². The topological polar surface area (TPSA) is 65.0 Å². The summed E-state index contributed by atoms with van der Waals surface area (Å²) >= 11 is 0. The highest BCUT2D eigenvalue weighted by Crippen LogP contribution is 2.21. The normalized spacial score (nSPS) is 15.2. The van der Waals surface area contributed by atoms with Crippen LogP contribution in [0.4, 0.5) is 0 Å². The van der Waals surface area contributed by atoms with Crippen molar-refractivity contribution in [1.82, 2.24) is 0 Å². The Morgan fingerprint density at radius 3 is 2.50 bits per heavy atom. The molecule has 0 saturated carbocycles. The fourth-order valence-corrected chi connectivity index (χ4v) is 2.33. The van der Waals surface area contributed by atoms with Crippen LogP contribution in [0.1, 0.15) is 27.0 Å². The summed E-state index contributed by atoms with van der Waals surface area (Å²) in [5.74, 6) is -0.602. The van der Waals surface area contributed by atoms with E-state index in [4.69, 9.17) is 4.74 Å². The summed E-state index contributed by atoms with van der Waals surface area (Å²) in [6.45, 7) is 1.93. The number of cyclic esters (lactones) is 1. The first kappa shape index (κ1) is 15.7. The predicted octanol–water partition coefficient (Wildman–Crippen LogP) is 3.13. The Morgan fingerprint density at radius 1 is 1.12 bits per heavy atom. The molecule has 0 radical (unpaired) electrons. The van der Waals surface area contributed by atoms with Gasteiger partial charge in [-0.05, 0) is 42.3 Å². The lowest BCUT2D eigenvalue weighted by Gasteiger charge is -2.02. The van der Waals surface area contributed by atoms with Crippen LogP contribution in [0, 0.1) is 6.92 Å². The summed E-state index contributed by atoms with van der Waals surface area (Å²) in [5, 5.41) is 0. The first-order valence-corrected chi connectivity index (χ1v) is 7.35. The average Bonchev–Trinajstić information content (AvgIpc) is 2.95. The van der Waals surface area contributed by atoms with Gasteiger partial charge < -0.3 is 9.47 Å². The van der Waals surface area contributed by atoms with Crippen LogP contribution < -0.4 is 0 Å². The monoisotopic (exact) mass is 321 g/mol. The summed E-state index contributed by atoms with van der Waals surface area (Å²) in [6.07, 6.45) is 1.62. The maximum Gasteiger partial charge on any atom is 0.363 e. The van der Waals surface area contributed by atoms with Crippen LogP contribution in [0.3, 0.4) is 0 Å². The van der Waals surface area contributed by atoms with Crippen LogP contribution in [-0.2, 0) is 14.3 Å². The van der Waals surface area contributed by atoms with Crippen molar-refractivity contribution in [2.75, 3.05) is 7.11 Å². The first-order chi connectivity index (χ1) is 11.6. The van der Waals surface area contributed by atoms with Gasteiger partial charge in [0, 0.05) is 5.56 Å². The molecule has 2 aromatic carbocycles. The van der Waals surface area contributed by atoms with Crippen molar-refractivity contribution in [3.63, 3.8) is 0 Å². The molecule has 3 rings (SSSR count). The molecule has 5 heteroatoms. The van der Waals surface area contributed by atoms with Gasteiger partial charge in [-0.2, -0.15) is 0 Å². The van der Waals surface area contributed by atoms with Crippen LogP contribution in [0.15, 0.2) is 59.2 Å². The molecule has 1 aliphatic rings. The molecule has 0 N–H and O–H groups in total. The van der Waals surface area contributed by atoms with Gasteiger partial charge >= 0.3 is 11.9 Å². The molecule has 5 nitrogen and oxygen atoms in total. The summed E-state index contributed by atoms with van der Waals surface area (Å²) in [7, 11) is 1.33. The molecule has 0 spiro atoms. The Balaban J connectivity index is 1.89. The molecule has 0 aliphatic carbocycles. The molecule has 0 unspecified atom stereocenters. The molecule has 24 heavy (non-hydrogen) atoms. The number of hydrogen-bond acceptors (Lipinski definition) is 5. The Kier molecular flexibility index (Phi) is 4.24. The smallest absolute Gasteiger partial charge is 0.363 e. The number of carbonyl (C=O) groups excluding carboxylic acids is 2. The van der Waals surface area contributed by atoms with Crippen LogP contribution >= 0.6 is 0 Å². The molecule has 2 aromatic rings. The third-order valence-corrected chi connectivity index (χ3v) is 3.63. The molecule has 0 amide bonds. The van der Waals surface area contributed by atoms with Gasteiger partial charge in [0.2, 0.25) is 5.90 Å². The lowest BCUT2D eigenvalue weighted by atomic mass is 10.1. The molecule has 120 valence electrons. The molecular formula is C19H15NO4. The highest BCUT2D eigenvalue weighted by Gasteiger charge is 2.24. The van der Waals surface area contributed by atoms with Gasteiger partial charge in [-0.15, -0.1) is 0 Å². The van der Waals surface area contributed by atoms with E-state index in [1.54, 1.807) is 30.3 Å². The number of aryl methyl sites for hydroxylation is 1. The number of hydrogen-bond donors (Lipinski definition) is 0. The summed E-state index contributed by atoms with van der Waals surface area (Å²) in [5.41, 5.74) is 3.17. The number of ether oxygens (including phenoxy) is 2. The fraction of sp³-hybridized carbons (Fsp3) is 0.105. The minimum atomic E-state index is -0.495. The number of benzene rings is 2. The summed E-state index contributed by atoms with van der Waals surface area (Å²) in [6, 6.07) is 14.3. The number of rotatable bonds is 3. The van der Waals surface area contributed by atoms with E-state index in [-0.39, 0.29) is 5.70 Å². The minimum Gasteiger partial charge on any atom is -0.465 e. The Morgan fingerprint density at radius 2 is 1.83 bits per heavy atom. The highest BCUT2D eigenvalue weighted by molar-refractivity contribution is 6.13. The minimum absolute atomic E-state index is 0.221. The lowest BCUT2D eigenvalue weighted by Crippen LogP contribution is -2.06. The Hall–Kier alpha value is -3.21. The highest BCUT2D eigenvalue weighted by atomic mass is 16.6. The van der Waals surface area contributed by atoms with Crippen LogP contribution in [0.2, 0.25) is 0 Å². The van der Waals surface area contributed by atoms with Gasteiger partial charge in [0.25, 0.3) is 0 Å². The van der Waals surface area contributed by atoms with Crippen LogP contribution in [0.5, 0.6) is 0 Å². The number of aliphatic imine (C=N–C) groups is 1. The zero-order valence-corrected chi connectivity index (χ0v) is 13.3. The number of methoxy groups -OCH3 is 1. The second-order valence-electron chi connectivity index (χ2n) is 5.26. The average molecular weight is 321 g/mol. The molecule has 0 bridgehead atoms. The Labute approximate surface area is 139 Å². The van der Waals surface area contributed by atoms with Gasteiger partial charge in [-0.25, -0.2) is 14.6 Å². The molecule has 0 aromatic heterocycles. The van der Waals surface area contributed by atoms with Crippen LogP contribution in [-0.4, -0.2) is 24.9 Å². The second kappa shape index (κ2) is 6.50. The van der Waals surface area contributed by atoms with Crippen molar-refractivity contribution >= 4 is 23.9 Å². The quantitative estimate of drug-likeness (QED) is 0.643. The maximum absolute atomic E-state index is 12.0. The first-order valence-electron chi connectivity index (χ1n) is 7.35. The second-order valence-corrected chi connectivity index (χ2v) is 5.26. The van der Waals surface area contributed by atoms with E-state index >= 15 is 0 Å². The largest absolute Gasteiger partial charge is 0.465 e. The molecule has 0 saturated heterocycles. The number of carbonyl (C=O) groups is 2. The van der Waals surface area contributed by atoms with E-state index in [1.165, 1.54) is 7.11 Å². The van der Waals surface area contributed by atoms with Gasteiger partial charge in [-0.1, -0.05) is 30.3 Å². The van der Waals surface area contributed by atoms with Gasteiger partial charge in [-0.3, -0.25) is 0 Å². The van der Waals surface area contributed by atoms with E-state index in [0.717, 1.165) is 16.7 Å².